The van der Waals surface area contributed by atoms with Crippen LogP contribution in [0.2, 0.25) is 0 Å². The van der Waals surface area contributed by atoms with Gasteiger partial charge in [-0.2, -0.15) is 0 Å². The van der Waals surface area contributed by atoms with Crippen molar-refractivity contribution >= 4 is 41.6 Å². The summed E-state index contributed by atoms with van der Waals surface area (Å²) >= 11 is 3.17. The summed E-state index contributed by atoms with van der Waals surface area (Å²) in [4.78, 5) is 11.9. The van der Waals surface area contributed by atoms with Crippen LogP contribution in [0.3, 0.4) is 0 Å². The molecule has 112 valence electrons. The van der Waals surface area contributed by atoms with Crippen molar-refractivity contribution < 1.29 is 13.2 Å². The van der Waals surface area contributed by atoms with E-state index in [4.69, 9.17) is 10.7 Å². The Morgan fingerprint density at radius 3 is 2.55 bits per heavy atom. The van der Waals surface area contributed by atoms with Crippen molar-refractivity contribution in [2.24, 2.45) is 5.92 Å². The predicted molar refractivity (Wildman–Crippen MR) is 83.6 cm³/mol. The van der Waals surface area contributed by atoms with Crippen molar-refractivity contribution in [3.8, 4) is 0 Å². The highest BCUT2D eigenvalue weighted by Crippen LogP contribution is 2.22. The van der Waals surface area contributed by atoms with E-state index in [9.17, 15) is 13.2 Å². The normalized spacial score (nSPS) is 11.7. The zero-order valence-corrected chi connectivity index (χ0v) is 14.5. The lowest BCUT2D eigenvalue weighted by Crippen LogP contribution is -2.24. The highest BCUT2D eigenvalue weighted by atomic mass is 79.9. The molecule has 0 bridgehead atoms. The molecule has 0 radical (unpaired) electrons. The van der Waals surface area contributed by atoms with Crippen molar-refractivity contribution in [2.75, 3.05) is 6.54 Å². The number of benzene rings is 1. The van der Waals surface area contributed by atoms with Crippen molar-refractivity contribution in [1.82, 2.24) is 5.32 Å². The van der Waals surface area contributed by atoms with Gasteiger partial charge >= 0.3 is 0 Å². The third-order valence-electron chi connectivity index (χ3n) is 2.66. The van der Waals surface area contributed by atoms with Crippen LogP contribution in [0, 0.1) is 5.92 Å². The molecule has 0 spiro atoms. The van der Waals surface area contributed by atoms with Gasteiger partial charge in [0.2, 0.25) is 0 Å². The van der Waals surface area contributed by atoms with Gasteiger partial charge in [0.1, 0.15) is 0 Å². The van der Waals surface area contributed by atoms with Gasteiger partial charge in [0.15, 0.2) is 0 Å². The van der Waals surface area contributed by atoms with Gasteiger partial charge in [-0.1, -0.05) is 29.8 Å². The monoisotopic (exact) mass is 381 g/mol. The Kier molecular flexibility index (Phi) is 6.48. The van der Waals surface area contributed by atoms with Gasteiger partial charge in [0, 0.05) is 27.3 Å². The highest BCUT2D eigenvalue weighted by Gasteiger charge is 2.15. The molecule has 20 heavy (non-hydrogen) atoms. The summed E-state index contributed by atoms with van der Waals surface area (Å²) in [6.07, 6.45) is 1.91. The Balaban J connectivity index is 2.76. The molecule has 0 saturated carbocycles. The highest BCUT2D eigenvalue weighted by molar-refractivity contribution is 9.10. The summed E-state index contributed by atoms with van der Waals surface area (Å²) in [6, 6.07) is 4.19. The maximum atomic E-state index is 12.0. The molecule has 7 heteroatoms. The lowest BCUT2D eigenvalue weighted by atomic mass is 10.1. The number of rotatable bonds is 6. The number of amides is 1. The Hall–Kier alpha value is -0.590. The molecule has 0 unspecified atom stereocenters. The first-order chi connectivity index (χ1) is 9.20. The van der Waals surface area contributed by atoms with E-state index in [2.05, 4.69) is 35.1 Å². The van der Waals surface area contributed by atoms with E-state index in [0.717, 1.165) is 12.8 Å². The first-order valence-electron chi connectivity index (χ1n) is 6.23. The molecule has 1 rings (SSSR count). The number of carbonyl (C=O) groups is 1. The second-order valence-electron chi connectivity index (χ2n) is 4.91. The fourth-order valence-electron chi connectivity index (χ4n) is 1.65. The van der Waals surface area contributed by atoms with Gasteiger partial charge in [-0.05, 0) is 37.0 Å². The molecule has 1 aromatic carbocycles. The third-order valence-corrected chi connectivity index (χ3v) is 4.45. The molecule has 0 saturated heterocycles. The minimum atomic E-state index is -3.86. The van der Waals surface area contributed by atoms with E-state index in [0.29, 0.717) is 16.9 Å². The molecule has 0 atom stereocenters. The fraction of sp³-hybridized carbons (Fsp3) is 0.462. The Morgan fingerprint density at radius 1 is 1.35 bits per heavy atom. The van der Waals surface area contributed by atoms with E-state index in [1.807, 2.05) is 0 Å². The van der Waals surface area contributed by atoms with Gasteiger partial charge in [-0.3, -0.25) is 4.79 Å². The molecular weight excluding hydrogens is 366 g/mol. The zero-order valence-electron chi connectivity index (χ0n) is 11.3. The SMILES string of the molecule is CC(C)CCCNC(=O)c1cc(Br)cc(S(=O)(=O)Cl)c1. The molecule has 0 aliphatic carbocycles. The smallest absolute Gasteiger partial charge is 0.261 e. The van der Waals surface area contributed by atoms with Crippen molar-refractivity contribution in [2.45, 2.75) is 31.6 Å². The molecule has 1 amide bonds. The van der Waals surface area contributed by atoms with Crippen LogP contribution >= 0.6 is 26.6 Å². The van der Waals surface area contributed by atoms with Crippen LogP contribution in [-0.4, -0.2) is 20.9 Å². The van der Waals surface area contributed by atoms with E-state index in [1.165, 1.54) is 12.1 Å². The van der Waals surface area contributed by atoms with Gasteiger partial charge in [-0.25, -0.2) is 8.42 Å². The second kappa shape index (κ2) is 7.43. The lowest BCUT2D eigenvalue weighted by molar-refractivity contribution is 0.0952. The summed E-state index contributed by atoms with van der Waals surface area (Å²) in [5.74, 6) is 0.280. The van der Waals surface area contributed by atoms with Crippen molar-refractivity contribution in [3.63, 3.8) is 0 Å². The largest absolute Gasteiger partial charge is 0.352 e. The van der Waals surface area contributed by atoms with Crippen LogP contribution in [0.5, 0.6) is 0 Å². The standard InChI is InChI=1S/C13H17BrClNO3S/c1-9(2)4-3-5-16-13(17)10-6-11(14)8-12(7-10)20(15,18)19/h6-9H,3-5H2,1-2H3,(H,16,17). The predicted octanol–water partition coefficient (Wildman–Crippen LogP) is 3.54. The zero-order chi connectivity index (χ0) is 15.3. The number of halogens is 2. The summed E-state index contributed by atoms with van der Waals surface area (Å²) in [7, 11) is 1.43. The average molecular weight is 383 g/mol. The van der Waals surface area contributed by atoms with Crippen LogP contribution < -0.4 is 5.32 Å². The lowest BCUT2D eigenvalue weighted by Gasteiger charge is -2.08. The molecule has 0 aliphatic heterocycles. The number of hydrogen-bond acceptors (Lipinski definition) is 3. The van der Waals surface area contributed by atoms with E-state index >= 15 is 0 Å². The molecular formula is C13H17BrClNO3S. The molecule has 1 aromatic rings. The van der Waals surface area contributed by atoms with Gasteiger partial charge in [0.05, 0.1) is 4.90 Å². The Labute approximate surface area is 132 Å². The molecule has 1 N–H and O–H groups in total. The minimum Gasteiger partial charge on any atom is -0.352 e. The number of nitrogens with one attached hydrogen (secondary N) is 1. The molecule has 0 heterocycles. The quantitative estimate of drug-likeness (QED) is 0.604. The van der Waals surface area contributed by atoms with Crippen molar-refractivity contribution in [1.29, 1.82) is 0 Å². The maximum Gasteiger partial charge on any atom is 0.261 e. The molecule has 0 fully saturated rings. The molecule has 4 nitrogen and oxygen atoms in total. The van der Waals surface area contributed by atoms with E-state index in [1.54, 1.807) is 6.07 Å². The van der Waals surface area contributed by atoms with E-state index in [-0.39, 0.29) is 16.4 Å². The topological polar surface area (TPSA) is 63.2 Å². The van der Waals surface area contributed by atoms with Crippen molar-refractivity contribution in [3.05, 3.63) is 28.2 Å². The number of hydrogen-bond donors (Lipinski definition) is 1. The van der Waals surface area contributed by atoms with Gasteiger partial charge < -0.3 is 5.32 Å². The Bertz CT molecular complexity index is 587. The first-order valence-corrected chi connectivity index (χ1v) is 9.34. The summed E-state index contributed by atoms with van der Waals surface area (Å²) < 4.78 is 23.1. The van der Waals surface area contributed by atoms with Crippen LogP contribution in [0.4, 0.5) is 0 Å². The fourth-order valence-corrected chi connectivity index (χ4v) is 3.10. The third kappa shape index (κ3) is 5.81. The molecule has 0 aromatic heterocycles. The minimum absolute atomic E-state index is 0.0964. The van der Waals surface area contributed by atoms with Gasteiger partial charge in [0.25, 0.3) is 15.0 Å². The first kappa shape index (κ1) is 17.5. The van der Waals surface area contributed by atoms with Crippen LogP contribution in [0.25, 0.3) is 0 Å². The van der Waals surface area contributed by atoms with Crippen LogP contribution in [-0.2, 0) is 9.05 Å². The maximum absolute atomic E-state index is 12.0. The summed E-state index contributed by atoms with van der Waals surface area (Å²) in [6.45, 7) is 4.80. The van der Waals surface area contributed by atoms with Gasteiger partial charge in [-0.15, -0.1) is 0 Å². The van der Waals surface area contributed by atoms with Crippen LogP contribution in [0.1, 0.15) is 37.0 Å². The summed E-state index contributed by atoms with van der Waals surface area (Å²) in [5.41, 5.74) is 0.267. The van der Waals surface area contributed by atoms with Crippen LogP contribution in [0.15, 0.2) is 27.6 Å². The second-order valence-corrected chi connectivity index (χ2v) is 8.39. The number of carbonyl (C=O) groups excluding carboxylic acids is 1. The average Bonchev–Trinajstić information content (AvgIpc) is 2.32. The molecule has 0 aliphatic rings. The van der Waals surface area contributed by atoms with E-state index < -0.39 is 9.05 Å². The summed E-state index contributed by atoms with van der Waals surface area (Å²) in [5, 5.41) is 2.76. The Morgan fingerprint density at radius 2 is 2.00 bits per heavy atom.